The highest BCUT2D eigenvalue weighted by Crippen LogP contribution is 2.14. The molecule has 4 nitrogen and oxygen atoms in total. The minimum Gasteiger partial charge on any atom is -0.267 e. The van der Waals surface area contributed by atoms with E-state index in [0.717, 1.165) is 41.0 Å². The van der Waals surface area contributed by atoms with Gasteiger partial charge < -0.3 is 0 Å². The molecule has 0 fully saturated rings. The summed E-state index contributed by atoms with van der Waals surface area (Å²) in [4.78, 5) is 26.0. The molecule has 0 saturated carbocycles. The minimum absolute atomic E-state index is 0.322. The second-order valence-corrected chi connectivity index (χ2v) is 6.63. The summed E-state index contributed by atoms with van der Waals surface area (Å²) in [6.45, 7) is 8.61. The maximum absolute atomic E-state index is 13.0. The van der Waals surface area contributed by atoms with Crippen LogP contribution in [0.2, 0.25) is 0 Å². The second kappa shape index (κ2) is 9.30. The molecule has 2 aromatic rings. The van der Waals surface area contributed by atoms with Crippen molar-refractivity contribution in [3.8, 4) is 0 Å². The fourth-order valence-electron chi connectivity index (χ4n) is 2.84. The summed E-state index contributed by atoms with van der Waals surface area (Å²) < 4.78 is 0. The van der Waals surface area contributed by atoms with Gasteiger partial charge >= 0.3 is 0 Å². The number of carbonyl (C=O) groups is 2. The number of aryl methyl sites for hydroxylation is 3. The van der Waals surface area contributed by atoms with Crippen molar-refractivity contribution in [3.63, 3.8) is 0 Å². The van der Waals surface area contributed by atoms with Crippen LogP contribution in [0.15, 0.2) is 42.5 Å². The molecule has 0 aliphatic carbocycles. The lowest BCUT2D eigenvalue weighted by Crippen LogP contribution is -2.47. The monoisotopic (exact) mass is 352 g/mol. The summed E-state index contributed by atoms with van der Waals surface area (Å²) in [5.41, 5.74) is 7.20. The zero-order chi connectivity index (χ0) is 19.1. The second-order valence-electron chi connectivity index (χ2n) is 6.63. The Morgan fingerprint density at radius 3 is 2.00 bits per heavy atom. The first kappa shape index (κ1) is 19.9. The number of unbranched alkanes of at least 4 members (excludes halogenated alkanes) is 1. The molecule has 0 aliphatic rings. The van der Waals surface area contributed by atoms with Crippen molar-refractivity contribution in [2.45, 2.75) is 47.0 Å². The number of hydrazine groups is 1. The highest BCUT2D eigenvalue weighted by atomic mass is 16.2. The zero-order valence-electron chi connectivity index (χ0n) is 16.1. The van der Waals surface area contributed by atoms with E-state index < -0.39 is 0 Å². The van der Waals surface area contributed by atoms with E-state index in [1.165, 1.54) is 0 Å². The predicted octanol–water partition coefficient (Wildman–Crippen LogP) is 4.45. The van der Waals surface area contributed by atoms with E-state index in [1.807, 2.05) is 44.2 Å². The summed E-state index contributed by atoms with van der Waals surface area (Å²) in [5.74, 6) is -0.648. The van der Waals surface area contributed by atoms with E-state index in [0.29, 0.717) is 17.7 Å². The highest BCUT2D eigenvalue weighted by molar-refractivity contribution is 6.10. The average Bonchev–Trinajstić information content (AvgIpc) is 2.63. The van der Waals surface area contributed by atoms with Crippen LogP contribution < -0.4 is 5.43 Å². The number of nitrogens with zero attached hydrogens (tertiary/aromatic N) is 1. The van der Waals surface area contributed by atoms with E-state index in [9.17, 15) is 9.59 Å². The maximum atomic E-state index is 13.0. The largest absolute Gasteiger partial charge is 0.275 e. The van der Waals surface area contributed by atoms with Gasteiger partial charge in [0.25, 0.3) is 11.8 Å². The molecule has 1 N–H and O–H groups in total. The van der Waals surface area contributed by atoms with Crippen LogP contribution >= 0.6 is 0 Å². The Bertz CT molecular complexity index is 746. The molecule has 138 valence electrons. The molecule has 2 amide bonds. The van der Waals surface area contributed by atoms with Gasteiger partial charge in [0.2, 0.25) is 0 Å². The Hall–Kier alpha value is -2.46. The van der Waals surface area contributed by atoms with Gasteiger partial charge in [-0.3, -0.25) is 9.59 Å². The molecule has 2 rings (SSSR count). The molecule has 4 heteroatoms. The molecule has 0 unspecified atom stereocenters. The predicted molar refractivity (Wildman–Crippen MR) is 105 cm³/mol. The van der Waals surface area contributed by atoms with Gasteiger partial charge in [-0.15, -0.1) is 0 Å². The molecule has 0 heterocycles. The molecule has 2 aromatic carbocycles. The molecule has 0 radical (unpaired) electrons. The number of rotatable bonds is 7. The molecule has 0 aliphatic heterocycles. The minimum atomic E-state index is -0.326. The van der Waals surface area contributed by atoms with Crippen molar-refractivity contribution < 1.29 is 9.59 Å². The molecule has 0 bridgehead atoms. The average molecular weight is 352 g/mol. The van der Waals surface area contributed by atoms with Crippen molar-refractivity contribution in [3.05, 3.63) is 70.3 Å². The van der Waals surface area contributed by atoms with Gasteiger partial charge in [-0.1, -0.05) is 49.6 Å². The summed E-state index contributed by atoms with van der Waals surface area (Å²) in [5, 5.41) is 1.16. The maximum Gasteiger partial charge on any atom is 0.275 e. The number of carbonyl (C=O) groups excluding carboxylic acids is 2. The summed E-state index contributed by atoms with van der Waals surface area (Å²) in [7, 11) is 0. The zero-order valence-corrected chi connectivity index (χ0v) is 16.1. The molecule has 0 spiro atoms. The molecule has 0 aromatic heterocycles. The number of hydrogen-bond donors (Lipinski definition) is 1. The quantitative estimate of drug-likeness (QED) is 0.455. The van der Waals surface area contributed by atoms with Crippen LogP contribution in [0.25, 0.3) is 0 Å². The first-order chi connectivity index (χ1) is 12.5. The smallest absolute Gasteiger partial charge is 0.267 e. The van der Waals surface area contributed by atoms with Crippen LogP contribution in [0.4, 0.5) is 0 Å². The Morgan fingerprint density at radius 2 is 1.46 bits per heavy atom. The number of imide groups is 1. The molecular weight excluding hydrogens is 324 g/mol. The van der Waals surface area contributed by atoms with E-state index >= 15 is 0 Å². The number of amides is 2. The standard InChI is InChI=1S/C22H28N2O2/c1-5-7-12-23-24(21(25)19-10-8-18(6-2)9-11-19)22(26)20-14-16(3)13-17(4)15-20/h8-11,13-15,23H,5-7,12H2,1-4H3. The lowest BCUT2D eigenvalue weighted by Gasteiger charge is -2.22. The first-order valence-electron chi connectivity index (χ1n) is 9.25. The van der Waals surface area contributed by atoms with Crippen molar-refractivity contribution in [1.82, 2.24) is 10.4 Å². The summed E-state index contributed by atoms with van der Waals surface area (Å²) in [6, 6.07) is 13.1. The topological polar surface area (TPSA) is 49.4 Å². The van der Waals surface area contributed by atoms with Crippen LogP contribution in [0.1, 0.15) is 64.1 Å². The number of hydrogen-bond acceptors (Lipinski definition) is 3. The third kappa shape index (κ3) is 5.02. The van der Waals surface area contributed by atoms with Gasteiger partial charge in [-0.05, 0) is 56.5 Å². The Morgan fingerprint density at radius 1 is 0.885 bits per heavy atom. The fourth-order valence-corrected chi connectivity index (χ4v) is 2.84. The van der Waals surface area contributed by atoms with E-state index in [2.05, 4.69) is 19.3 Å². The normalized spacial score (nSPS) is 10.6. The molecule has 0 atom stereocenters. The third-order valence-electron chi connectivity index (χ3n) is 4.28. The van der Waals surface area contributed by atoms with E-state index in [-0.39, 0.29) is 11.8 Å². The lowest BCUT2D eigenvalue weighted by atomic mass is 10.1. The van der Waals surface area contributed by atoms with Gasteiger partial charge in [-0.2, -0.15) is 0 Å². The Balaban J connectivity index is 2.31. The van der Waals surface area contributed by atoms with E-state index in [4.69, 9.17) is 0 Å². The van der Waals surface area contributed by atoms with Gasteiger partial charge in [0.05, 0.1) is 0 Å². The van der Waals surface area contributed by atoms with Gasteiger partial charge in [-0.25, -0.2) is 10.4 Å². The highest BCUT2D eigenvalue weighted by Gasteiger charge is 2.24. The summed E-state index contributed by atoms with van der Waals surface area (Å²) in [6.07, 6.45) is 2.78. The van der Waals surface area contributed by atoms with E-state index in [1.54, 1.807) is 12.1 Å². The Labute approximate surface area is 156 Å². The number of nitrogens with one attached hydrogen (secondary N) is 1. The van der Waals surface area contributed by atoms with Crippen LogP contribution in [0, 0.1) is 13.8 Å². The molecule has 26 heavy (non-hydrogen) atoms. The molecular formula is C22H28N2O2. The van der Waals surface area contributed by atoms with Crippen molar-refractivity contribution in [2.24, 2.45) is 0 Å². The van der Waals surface area contributed by atoms with Crippen LogP contribution in [-0.4, -0.2) is 23.4 Å². The number of benzene rings is 2. The van der Waals surface area contributed by atoms with Gasteiger partial charge in [0, 0.05) is 17.7 Å². The SMILES string of the molecule is CCCCNN(C(=O)c1ccc(CC)cc1)C(=O)c1cc(C)cc(C)c1. The lowest BCUT2D eigenvalue weighted by molar-refractivity contribution is 0.0526. The van der Waals surface area contributed by atoms with Crippen LogP contribution in [0.5, 0.6) is 0 Å². The first-order valence-corrected chi connectivity index (χ1v) is 9.25. The van der Waals surface area contributed by atoms with Gasteiger partial charge in [0.15, 0.2) is 0 Å². The van der Waals surface area contributed by atoms with Crippen LogP contribution in [0.3, 0.4) is 0 Å². The van der Waals surface area contributed by atoms with Crippen molar-refractivity contribution in [1.29, 1.82) is 0 Å². The van der Waals surface area contributed by atoms with Gasteiger partial charge in [0.1, 0.15) is 0 Å². The Kier molecular flexibility index (Phi) is 7.10. The molecule has 0 saturated heterocycles. The third-order valence-corrected chi connectivity index (χ3v) is 4.28. The fraction of sp³-hybridized carbons (Fsp3) is 0.364. The summed E-state index contributed by atoms with van der Waals surface area (Å²) >= 11 is 0. The van der Waals surface area contributed by atoms with Crippen molar-refractivity contribution >= 4 is 11.8 Å². The van der Waals surface area contributed by atoms with Crippen molar-refractivity contribution in [2.75, 3.05) is 6.54 Å². The van der Waals surface area contributed by atoms with Crippen LogP contribution in [-0.2, 0) is 6.42 Å².